The van der Waals surface area contributed by atoms with Gasteiger partial charge in [-0.05, 0) is 23.8 Å². The molecule has 0 aliphatic heterocycles. The second kappa shape index (κ2) is 7.52. The van der Waals surface area contributed by atoms with Crippen LogP contribution in [0.1, 0.15) is 5.56 Å². The zero-order chi connectivity index (χ0) is 20.5. The van der Waals surface area contributed by atoms with Crippen LogP contribution in [0.4, 0.5) is 0 Å². The number of benzene rings is 3. The van der Waals surface area contributed by atoms with E-state index in [9.17, 15) is 0 Å². The largest absolute Gasteiger partial charge is 0.496 e. The maximum atomic E-state index is 5.65. The molecule has 30 heavy (non-hydrogen) atoms. The van der Waals surface area contributed by atoms with Gasteiger partial charge in [-0.2, -0.15) is 9.97 Å². The Hall–Kier alpha value is -3.86. The summed E-state index contributed by atoms with van der Waals surface area (Å²) in [4.78, 5) is 9.27. The average Bonchev–Trinajstić information content (AvgIpc) is 3.16. The Morgan fingerprint density at radius 1 is 0.800 bits per heavy atom. The molecule has 0 saturated heterocycles. The molecule has 0 saturated carbocycles. The molecule has 0 aliphatic carbocycles. The minimum atomic E-state index is 0.339. The van der Waals surface area contributed by atoms with Gasteiger partial charge in [-0.25, -0.2) is 0 Å². The topological polar surface area (TPSA) is 49.2 Å². The van der Waals surface area contributed by atoms with Crippen molar-refractivity contribution in [1.82, 2.24) is 14.5 Å². The van der Waals surface area contributed by atoms with Crippen molar-refractivity contribution in [1.29, 1.82) is 0 Å². The molecular weight excluding hydrogens is 374 g/mol. The SMILES string of the molecule is COc1nc(-c2cn(Cc3ccccc3)c3ccccc23)c2c(OC)cccc2n1. The van der Waals surface area contributed by atoms with Gasteiger partial charge in [-0.15, -0.1) is 0 Å². The van der Waals surface area contributed by atoms with Gasteiger partial charge in [0, 0.05) is 29.2 Å². The molecule has 5 nitrogen and oxygen atoms in total. The quantitative estimate of drug-likeness (QED) is 0.404. The molecular formula is C25H21N3O2. The fourth-order valence-corrected chi connectivity index (χ4v) is 3.93. The lowest BCUT2D eigenvalue weighted by atomic mass is 10.0. The van der Waals surface area contributed by atoms with E-state index in [1.54, 1.807) is 14.2 Å². The Kier molecular flexibility index (Phi) is 4.56. The van der Waals surface area contributed by atoms with Gasteiger partial charge in [0.2, 0.25) is 0 Å². The van der Waals surface area contributed by atoms with Gasteiger partial charge in [0.05, 0.1) is 30.8 Å². The van der Waals surface area contributed by atoms with Crippen LogP contribution in [0.25, 0.3) is 33.1 Å². The molecule has 2 heterocycles. The first-order valence-electron chi connectivity index (χ1n) is 9.79. The van der Waals surface area contributed by atoms with E-state index in [-0.39, 0.29) is 0 Å². The van der Waals surface area contributed by atoms with Gasteiger partial charge < -0.3 is 14.0 Å². The molecule has 3 aromatic carbocycles. The fourth-order valence-electron chi connectivity index (χ4n) is 3.93. The minimum Gasteiger partial charge on any atom is -0.496 e. The van der Waals surface area contributed by atoms with Crippen molar-refractivity contribution >= 4 is 21.8 Å². The summed E-state index contributed by atoms with van der Waals surface area (Å²) in [5, 5.41) is 2.00. The lowest BCUT2D eigenvalue weighted by Gasteiger charge is -2.11. The van der Waals surface area contributed by atoms with Crippen LogP contribution in [0.15, 0.2) is 79.0 Å². The molecule has 0 aliphatic rings. The van der Waals surface area contributed by atoms with Crippen LogP contribution in [0.3, 0.4) is 0 Å². The Labute approximate surface area is 174 Å². The molecule has 0 amide bonds. The molecule has 0 radical (unpaired) electrons. The van der Waals surface area contributed by atoms with Gasteiger partial charge in [0.15, 0.2) is 0 Å². The summed E-state index contributed by atoms with van der Waals surface area (Å²) in [5.41, 5.74) is 5.01. The van der Waals surface area contributed by atoms with Crippen LogP contribution in [0.5, 0.6) is 11.8 Å². The smallest absolute Gasteiger partial charge is 0.317 e. The summed E-state index contributed by atoms with van der Waals surface area (Å²) in [6.07, 6.45) is 2.16. The number of aromatic nitrogens is 3. The monoisotopic (exact) mass is 395 g/mol. The third kappa shape index (κ3) is 3.05. The number of ether oxygens (including phenoxy) is 2. The second-order valence-electron chi connectivity index (χ2n) is 7.09. The number of hydrogen-bond acceptors (Lipinski definition) is 4. The van der Waals surface area contributed by atoms with Crippen molar-refractivity contribution in [2.75, 3.05) is 14.2 Å². The summed E-state index contributed by atoms with van der Waals surface area (Å²) in [6.45, 7) is 0.776. The van der Waals surface area contributed by atoms with E-state index >= 15 is 0 Å². The number of para-hydroxylation sites is 1. The molecule has 0 fully saturated rings. The minimum absolute atomic E-state index is 0.339. The average molecular weight is 395 g/mol. The van der Waals surface area contributed by atoms with Crippen molar-refractivity contribution in [3.8, 4) is 23.0 Å². The van der Waals surface area contributed by atoms with Crippen molar-refractivity contribution < 1.29 is 9.47 Å². The summed E-state index contributed by atoms with van der Waals surface area (Å²) in [7, 11) is 3.26. The third-order valence-corrected chi connectivity index (χ3v) is 5.31. The standard InChI is InChI=1S/C25H21N3O2/c1-29-22-14-8-12-20-23(22)24(27-25(26-20)30-2)19-16-28(15-17-9-4-3-5-10-17)21-13-7-6-11-18(19)21/h3-14,16H,15H2,1-2H3. The Morgan fingerprint density at radius 3 is 2.40 bits per heavy atom. The molecule has 148 valence electrons. The van der Waals surface area contributed by atoms with E-state index in [0.29, 0.717) is 6.01 Å². The summed E-state index contributed by atoms with van der Waals surface area (Å²) >= 11 is 0. The van der Waals surface area contributed by atoms with E-state index in [0.717, 1.165) is 45.4 Å². The van der Waals surface area contributed by atoms with Crippen molar-refractivity contribution in [2.24, 2.45) is 0 Å². The first-order chi connectivity index (χ1) is 14.8. The number of hydrogen-bond donors (Lipinski definition) is 0. The Bertz CT molecular complexity index is 1340. The van der Waals surface area contributed by atoms with Gasteiger partial charge in [-0.3, -0.25) is 0 Å². The van der Waals surface area contributed by atoms with Crippen LogP contribution in [0.2, 0.25) is 0 Å². The fraction of sp³-hybridized carbons (Fsp3) is 0.120. The van der Waals surface area contributed by atoms with Gasteiger partial charge in [0.1, 0.15) is 5.75 Å². The molecule has 0 atom stereocenters. The van der Waals surface area contributed by atoms with Crippen molar-refractivity contribution in [2.45, 2.75) is 6.54 Å². The maximum Gasteiger partial charge on any atom is 0.317 e. The maximum absolute atomic E-state index is 5.65. The highest BCUT2D eigenvalue weighted by Crippen LogP contribution is 2.38. The van der Waals surface area contributed by atoms with Gasteiger partial charge >= 0.3 is 6.01 Å². The number of fused-ring (bicyclic) bond motifs is 2. The summed E-state index contributed by atoms with van der Waals surface area (Å²) < 4.78 is 13.3. The van der Waals surface area contributed by atoms with E-state index < -0.39 is 0 Å². The van der Waals surface area contributed by atoms with Gasteiger partial charge in [-0.1, -0.05) is 54.6 Å². The Morgan fingerprint density at radius 2 is 1.60 bits per heavy atom. The van der Waals surface area contributed by atoms with Crippen molar-refractivity contribution in [3.05, 3.63) is 84.6 Å². The van der Waals surface area contributed by atoms with E-state index in [4.69, 9.17) is 14.5 Å². The summed E-state index contributed by atoms with van der Waals surface area (Å²) in [6, 6.07) is 25.0. The van der Waals surface area contributed by atoms with E-state index in [1.807, 2.05) is 24.3 Å². The molecule has 2 aromatic heterocycles. The van der Waals surface area contributed by atoms with E-state index in [1.165, 1.54) is 5.56 Å². The molecule has 0 spiro atoms. The Balaban J connectivity index is 1.79. The summed E-state index contributed by atoms with van der Waals surface area (Å²) in [5.74, 6) is 0.741. The lowest BCUT2D eigenvalue weighted by molar-refractivity contribution is 0.382. The van der Waals surface area contributed by atoms with Gasteiger partial charge in [0.25, 0.3) is 0 Å². The lowest BCUT2D eigenvalue weighted by Crippen LogP contribution is -1.98. The molecule has 0 N–H and O–H groups in total. The number of nitrogens with zero attached hydrogens (tertiary/aromatic N) is 3. The molecule has 5 aromatic rings. The highest BCUT2D eigenvalue weighted by atomic mass is 16.5. The second-order valence-corrected chi connectivity index (χ2v) is 7.09. The highest BCUT2D eigenvalue weighted by Gasteiger charge is 2.19. The number of rotatable bonds is 5. The first-order valence-corrected chi connectivity index (χ1v) is 9.79. The van der Waals surface area contributed by atoms with Crippen LogP contribution in [-0.4, -0.2) is 28.8 Å². The molecule has 5 rings (SSSR count). The van der Waals surface area contributed by atoms with Crippen LogP contribution in [0, 0.1) is 0 Å². The third-order valence-electron chi connectivity index (χ3n) is 5.31. The zero-order valence-corrected chi connectivity index (χ0v) is 16.9. The van der Waals surface area contributed by atoms with Crippen molar-refractivity contribution in [3.63, 3.8) is 0 Å². The molecule has 5 heteroatoms. The van der Waals surface area contributed by atoms with Crippen LogP contribution in [-0.2, 0) is 6.54 Å². The highest BCUT2D eigenvalue weighted by molar-refractivity contribution is 6.05. The van der Waals surface area contributed by atoms with E-state index in [2.05, 4.69) is 64.3 Å². The normalized spacial score (nSPS) is 11.1. The zero-order valence-electron chi connectivity index (χ0n) is 16.9. The predicted molar refractivity (Wildman–Crippen MR) is 119 cm³/mol. The molecule has 0 bridgehead atoms. The van der Waals surface area contributed by atoms with Crippen LogP contribution < -0.4 is 9.47 Å². The number of methoxy groups -OCH3 is 2. The van der Waals surface area contributed by atoms with Crippen LogP contribution >= 0.6 is 0 Å². The predicted octanol–water partition coefficient (Wildman–Crippen LogP) is 5.32. The first kappa shape index (κ1) is 18.2. The molecule has 0 unspecified atom stereocenters.